The molecule has 1 N–H and O–H groups in total. The number of hydrogen-bond donors (Lipinski definition) is 1. The molecule has 0 bridgehead atoms. The maximum Gasteiger partial charge on any atom is 0.0604 e. The van der Waals surface area contributed by atoms with Crippen LogP contribution in [0.25, 0.3) is 0 Å². The van der Waals surface area contributed by atoms with E-state index >= 15 is 0 Å². The molecule has 0 aliphatic heterocycles. The first-order valence-corrected chi connectivity index (χ1v) is 7.22. The van der Waals surface area contributed by atoms with Crippen molar-refractivity contribution < 1.29 is 5.21 Å². The van der Waals surface area contributed by atoms with Crippen LogP contribution in [0.4, 0.5) is 0 Å². The lowest BCUT2D eigenvalue weighted by Crippen LogP contribution is -2.40. The summed E-state index contributed by atoms with van der Waals surface area (Å²) in [6.45, 7) is 11.3. The van der Waals surface area contributed by atoms with E-state index in [-0.39, 0.29) is 5.41 Å². The number of rotatable bonds is 1. The molecule has 2 aliphatic carbocycles. The summed E-state index contributed by atoms with van der Waals surface area (Å²) in [5, 5.41) is 12.7. The molecule has 102 valence electrons. The molecule has 2 atom stereocenters. The van der Waals surface area contributed by atoms with Crippen molar-refractivity contribution in [3.05, 3.63) is 11.1 Å². The third-order valence-electron chi connectivity index (χ3n) is 5.68. The van der Waals surface area contributed by atoms with Gasteiger partial charge in [-0.25, -0.2) is 0 Å². The minimum Gasteiger partial charge on any atom is -0.411 e. The van der Waals surface area contributed by atoms with E-state index in [9.17, 15) is 0 Å². The molecule has 2 rings (SSSR count). The first-order chi connectivity index (χ1) is 8.31. The number of allylic oxidation sites excluding steroid dienone is 2. The van der Waals surface area contributed by atoms with Crippen molar-refractivity contribution >= 4 is 5.71 Å². The first kappa shape index (κ1) is 13.6. The SMILES string of the molecule is C/C(=N\O)C1(C)CC2=C(CCCC2(C)C)CC1C. The highest BCUT2D eigenvalue weighted by Crippen LogP contribution is 2.54. The fourth-order valence-electron chi connectivity index (χ4n) is 3.85. The maximum atomic E-state index is 9.17. The number of nitrogens with zero attached hydrogens (tertiary/aromatic N) is 1. The van der Waals surface area contributed by atoms with Crippen molar-refractivity contribution in [3.8, 4) is 0 Å². The molecule has 0 spiro atoms. The van der Waals surface area contributed by atoms with Gasteiger partial charge in [-0.15, -0.1) is 0 Å². The van der Waals surface area contributed by atoms with Gasteiger partial charge in [0.15, 0.2) is 0 Å². The molecule has 2 heteroatoms. The number of oxime groups is 1. The lowest BCUT2D eigenvalue weighted by molar-refractivity contribution is 0.214. The minimum absolute atomic E-state index is 0.0300. The van der Waals surface area contributed by atoms with Crippen LogP contribution < -0.4 is 0 Å². The Morgan fingerprint density at radius 3 is 2.61 bits per heavy atom. The quantitative estimate of drug-likeness (QED) is 0.308. The van der Waals surface area contributed by atoms with Gasteiger partial charge in [-0.1, -0.05) is 44.0 Å². The second-order valence-corrected chi connectivity index (χ2v) is 7.20. The normalized spacial score (nSPS) is 36.5. The Bertz CT molecular complexity index is 405. The molecule has 0 aromatic rings. The molecule has 0 aromatic carbocycles. The lowest BCUT2D eigenvalue weighted by atomic mass is 9.57. The second kappa shape index (κ2) is 4.40. The van der Waals surface area contributed by atoms with Crippen molar-refractivity contribution in [2.24, 2.45) is 21.9 Å². The average molecular weight is 249 g/mol. The molecular formula is C16H27NO. The Hall–Kier alpha value is -0.790. The first-order valence-electron chi connectivity index (χ1n) is 7.22. The standard InChI is InChI=1S/C16H27NO/c1-11-9-13-7-6-8-15(3,4)14(13)10-16(11,5)12(2)17-18/h11,18H,6-10H2,1-5H3/b17-12+. The van der Waals surface area contributed by atoms with Gasteiger partial charge in [-0.3, -0.25) is 0 Å². The van der Waals surface area contributed by atoms with Crippen LogP contribution in [-0.2, 0) is 0 Å². The molecule has 0 aromatic heterocycles. The largest absolute Gasteiger partial charge is 0.411 e. The fraction of sp³-hybridized carbons (Fsp3) is 0.812. The predicted molar refractivity (Wildman–Crippen MR) is 76.1 cm³/mol. The summed E-state index contributed by atoms with van der Waals surface area (Å²) in [4.78, 5) is 0. The summed E-state index contributed by atoms with van der Waals surface area (Å²) in [7, 11) is 0. The van der Waals surface area contributed by atoms with E-state index in [0.717, 1.165) is 12.1 Å². The van der Waals surface area contributed by atoms with Crippen LogP contribution in [0.5, 0.6) is 0 Å². The summed E-state index contributed by atoms with van der Waals surface area (Å²) in [5.41, 5.74) is 4.61. The average Bonchev–Trinajstić information content (AvgIpc) is 2.30. The molecule has 0 heterocycles. The van der Waals surface area contributed by atoms with Crippen LogP contribution in [-0.4, -0.2) is 10.9 Å². The minimum atomic E-state index is 0.0300. The van der Waals surface area contributed by atoms with E-state index < -0.39 is 0 Å². The Labute approximate surface area is 111 Å². The third-order valence-corrected chi connectivity index (χ3v) is 5.68. The molecular weight excluding hydrogens is 222 g/mol. The van der Waals surface area contributed by atoms with Gasteiger partial charge >= 0.3 is 0 Å². The molecule has 18 heavy (non-hydrogen) atoms. The molecule has 2 nitrogen and oxygen atoms in total. The van der Waals surface area contributed by atoms with Crippen LogP contribution in [0, 0.1) is 16.7 Å². The summed E-state index contributed by atoms with van der Waals surface area (Å²) in [5.74, 6) is 0.570. The molecule has 0 amide bonds. The van der Waals surface area contributed by atoms with E-state index in [4.69, 9.17) is 5.21 Å². The highest BCUT2D eigenvalue weighted by atomic mass is 16.4. The summed E-state index contributed by atoms with van der Waals surface area (Å²) in [6, 6.07) is 0. The van der Waals surface area contributed by atoms with Gasteiger partial charge in [0.1, 0.15) is 0 Å². The van der Waals surface area contributed by atoms with E-state index in [2.05, 4.69) is 32.9 Å². The Balaban J connectivity index is 2.41. The van der Waals surface area contributed by atoms with E-state index in [0.29, 0.717) is 11.3 Å². The molecule has 0 fully saturated rings. The Morgan fingerprint density at radius 1 is 1.33 bits per heavy atom. The van der Waals surface area contributed by atoms with Gasteiger partial charge in [0, 0.05) is 5.41 Å². The van der Waals surface area contributed by atoms with Gasteiger partial charge in [0.25, 0.3) is 0 Å². The van der Waals surface area contributed by atoms with Crippen molar-refractivity contribution in [1.82, 2.24) is 0 Å². The fourth-order valence-corrected chi connectivity index (χ4v) is 3.85. The highest BCUT2D eigenvalue weighted by molar-refractivity contribution is 5.88. The second-order valence-electron chi connectivity index (χ2n) is 7.20. The topological polar surface area (TPSA) is 32.6 Å². The summed E-state index contributed by atoms with van der Waals surface area (Å²) >= 11 is 0. The molecule has 0 radical (unpaired) electrons. The van der Waals surface area contributed by atoms with Crippen molar-refractivity contribution in [2.75, 3.05) is 0 Å². The van der Waals surface area contributed by atoms with Crippen LogP contribution in [0.3, 0.4) is 0 Å². The van der Waals surface area contributed by atoms with Crippen LogP contribution in [0.2, 0.25) is 0 Å². The Morgan fingerprint density at radius 2 is 2.00 bits per heavy atom. The zero-order chi connectivity index (χ0) is 13.6. The maximum absolute atomic E-state index is 9.17. The molecule has 2 aliphatic rings. The monoisotopic (exact) mass is 249 g/mol. The molecule has 0 saturated heterocycles. The predicted octanol–water partition coefficient (Wildman–Crippen LogP) is 4.78. The molecule has 0 saturated carbocycles. The Kier molecular flexibility index (Phi) is 3.33. The van der Waals surface area contributed by atoms with Gasteiger partial charge in [-0.2, -0.15) is 0 Å². The van der Waals surface area contributed by atoms with Crippen LogP contribution in [0.15, 0.2) is 16.3 Å². The summed E-state index contributed by atoms with van der Waals surface area (Å²) < 4.78 is 0. The van der Waals surface area contributed by atoms with Crippen molar-refractivity contribution in [2.45, 2.75) is 66.7 Å². The van der Waals surface area contributed by atoms with Gasteiger partial charge in [-0.05, 0) is 50.4 Å². The van der Waals surface area contributed by atoms with Gasteiger partial charge in [0.05, 0.1) is 5.71 Å². The van der Waals surface area contributed by atoms with Crippen LogP contribution >= 0.6 is 0 Å². The lowest BCUT2D eigenvalue weighted by Gasteiger charge is -2.48. The van der Waals surface area contributed by atoms with Crippen molar-refractivity contribution in [3.63, 3.8) is 0 Å². The van der Waals surface area contributed by atoms with E-state index in [1.165, 1.54) is 25.7 Å². The third kappa shape index (κ3) is 2.00. The number of hydrogen-bond acceptors (Lipinski definition) is 2. The van der Waals surface area contributed by atoms with E-state index in [1.807, 2.05) is 6.92 Å². The zero-order valence-electron chi connectivity index (χ0n) is 12.5. The van der Waals surface area contributed by atoms with E-state index in [1.54, 1.807) is 11.1 Å². The van der Waals surface area contributed by atoms with Crippen LogP contribution in [0.1, 0.15) is 66.7 Å². The van der Waals surface area contributed by atoms with Gasteiger partial charge < -0.3 is 5.21 Å². The smallest absolute Gasteiger partial charge is 0.0604 e. The van der Waals surface area contributed by atoms with Gasteiger partial charge in [0.2, 0.25) is 0 Å². The summed E-state index contributed by atoms with van der Waals surface area (Å²) in [6.07, 6.45) is 6.18. The highest BCUT2D eigenvalue weighted by Gasteiger charge is 2.44. The molecule has 2 unspecified atom stereocenters. The zero-order valence-corrected chi connectivity index (χ0v) is 12.5. The van der Waals surface area contributed by atoms with Crippen molar-refractivity contribution in [1.29, 1.82) is 0 Å².